The van der Waals surface area contributed by atoms with E-state index in [-0.39, 0.29) is 0 Å². The molecule has 0 spiro atoms. The highest BCUT2D eigenvalue weighted by Gasteiger charge is 1.19. The van der Waals surface area contributed by atoms with Crippen LogP contribution in [0.3, 0.4) is 0 Å². The molecule has 0 amide bonds. The van der Waals surface area contributed by atoms with Crippen molar-refractivity contribution >= 4 is 0 Å². The van der Waals surface area contributed by atoms with E-state index in [1.807, 2.05) is 0 Å². The largest absolute Gasteiger partial charge is 0.379 e. The van der Waals surface area contributed by atoms with Crippen LogP contribution in [0, 0.1) is 19.6 Å². The van der Waals surface area contributed by atoms with E-state index < -0.39 is 0 Å². The van der Waals surface area contributed by atoms with Gasteiger partial charge in [0.1, 0.15) is 0 Å². The van der Waals surface area contributed by atoms with Crippen LogP contribution in [0.2, 0.25) is 0 Å². The quantitative estimate of drug-likeness (QED) is 0.311. The molecule has 0 aliphatic carbocycles. The standard InChI is InChI=1S/4HNO2/c4*2-1-3/h4*(H,2,3). The molecule has 0 atom stereocenters. The zero-order chi connectivity index (χ0) is 10.8. The van der Waals surface area contributed by atoms with Gasteiger partial charge in [-0.1, -0.05) is 0 Å². The van der Waals surface area contributed by atoms with Gasteiger partial charge in [0.2, 0.25) is 0 Å². The van der Waals surface area contributed by atoms with Crippen molar-refractivity contribution in [3.8, 4) is 0 Å². The molecule has 0 rings (SSSR count). The van der Waals surface area contributed by atoms with Crippen LogP contribution in [0.5, 0.6) is 0 Å². The topological polar surface area (TPSA) is 199 Å². The highest BCUT2D eigenvalue weighted by atomic mass is 16.6. The van der Waals surface area contributed by atoms with E-state index in [1.54, 1.807) is 0 Å². The van der Waals surface area contributed by atoms with Gasteiger partial charge < -0.3 is 20.8 Å². The summed E-state index contributed by atoms with van der Waals surface area (Å²) in [5, 5.41) is 31.6. The minimum absolute atomic E-state index is 1.25. The average Bonchev–Trinajstić information content (AvgIpc) is 1.92. The third-order valence-electron chi connectivity index (χ3n) is 0. The Labute approximate surface area is 63.2 Å². The predicted molar refractivity (Wildman–Crippen MR) is 30.3 cm³/mol. The molecule has 12 nitrogen and oxygen atoms in total. The van der Waals surface area contributed by atoms with Gasteiger partial charge in [0.25, 0.3) is 0 Å². The van der Waals surface area contributed by atoms with E-state index in [4.69, 9.17) is 40.5 Å². The molecule has 0 fully saturated rings. The van der Waals surface area contributed by atoms with E-state index in [0.29, 0.717) is 0 Å². The average molecular weight is 188 g/mol. The maximum Gasteiger partial charge on any atom is 0.152 e. The Morgan fingerprint density at radius 3 is 0.500 bits per heavy atom. The van der Waals surface area contributed by atoms with Crippen molar-refractivity contribution in [1.29, 1.82) is 0 Å². The Balaban J connectivity index is -0.0000000356. The van der Waals surface area contributed by atoms with Gasteiger partial charge in [-0.25, -0.2) is 0 Å². The van der Waals surface area contributed by atoms with Crippen molar-refractivity contribution in [3.05, 3.63) is 19.6 Å². The number of nitrogens with zero attached hydrogens (tertiary/aromatic N) is 4. The molecule has 0 aromatic rings. The summed E-state index contributed by atoms with van der Waals surface area (Å²) in [5.41, 5.74) is 0. The SMILES string of the molecule is O=NO.O=NO.O=NO.O=NO. The van der Waals surface area contributed by atoms with E-state index in [1.165, 1.54) is 21.4 Å². The molecule has 0 saturated carbocycles. The molecule has 0 heterocycles. The summed E-state index contributed by atoms with van der Waals surface area (Å²) in [5.74, 6) is 0. The van der Waals surface area contributed by atoms with Gasteiger partial charge in [-0.05, 0) is 0 Å². The zero-order valence-electron chi connectivity index (χ0n) is 5.21. The molecule has 0 aromatic heterocycles. The fourth-order valence-electron chi connectivity index (χ4n) is 0. The lowest BCUT2D eigenvalue weighted by molar-refractivity contribution is 0.312. The highest BCUT2D eigenvalue weighted by molar-refractivity contribution is 3.84. The van der Waals surface area contributed by atoms with Gasteiger partial charge in [0.05, 0.1) is 0 Å². The molecule has 0 unspecified atom stereocenters. The molecule has 0 bridgehead atoms. The lowest BCUT2D eigenvalue weighted by atomic mass is 13.4. The second-order valence-electron chi connectivity index (χ2n) is 0.327. The summed E-state index contributed by atoms with van der Waals surface area (Å²) in [4.78, 5) is 32.4. The maximum absolute atomic E-state index is 8.11. The predicted octanol–water partition coefficient (Wildman–Crippen LogP) is 0.568. The summed E-state index contributed by atoms with van der Waals surface area (Å²) in [6.07, 6.45) is 0. The summed E-state index contributed by atoms with van der Waals surface area (Å²) >= 11 is 0. The monoisotopic (exact) mass is 188 g/mol. The normalized spacial score (nSPS) is 4.00. The second-order valence-corrected chi connectivity index (χ2v) is 0.327. The fourth-order valence-corrected chi connectivity index (χ4v) is 0. The van der Waals surface area contributed by atoms with Crippen molar-refractivity contribution < 1.29 is 20.8 Å². The van der Waals surface area contributed by atoms with Crippen LogP contribution in [0.4, 0.5) is 0 Å². The van der Waals surface area contributed by atoms with Gasteiger partial charge in [0.15, 0.2) is 21.4 Å². The number of rotatable bonds is 0. The first kappa shape index (κ1) is 22.6. The summed E-state index contributed by atoms with van der Waals surface area (Å²) in [6.45, 7) is 0. The molecular formula is H4N4O8. The van der Waals surface area contributed by atoms with E-state index in [0.717, 1.165) is 0 Å². The van der Waals surface area contributed by atoms with Crippen LogP contribution < -0.4 is 0 Å². The Morgan fingerprint density at radius 2 is 0.500 bits per heavy atom. The molecule has 12 heteroatoms. The van der Waals surface area contributed by atoms with Crippen LogP contribution >= 0.6 is 0 Å². The van der Waals surface area contributed by atoms with Crippen LogP contribution in [-0.2, 0) is 0 Å². The highest BCUT2D eigenvalue weighted by Crippen LogP contribution is 1.26. The minimum Gasteiger partial charge on any atom is -0.379 e. The van der Waals surface area contributed by atoms with Crippen molar-refractivity contribution in [1.82, 2.24) is 0 Å². The Bertz CT molecular complexity index is 65.1. The van der Waals surface area contributed by atoms with Gasteiger partial charge in [-0.15, -0.1) is 19.6 Å². The van der Waals surface area contributed by atoms with E-state index >= 15 is 0 Å². The zero-order valence-corrected chi connectivity index (χ0v) is 5.21. The van der Waals surface area contributed by atoms with Crippen LogP contribution in [0.1, 0.15) is 0 Å². The first-order chi connectivity index (χ1) is 5.66. The van der Waals surface area contributed by atoms with Crippen molar-refractivity contribution in [2.45, 2.75) is 0 Å². The molecule has 0 saturated heterocycles. The van der Waals surface area contributed by atoms with Crippen molar-refractivity contribution in [2.24, 2.45) is 21.4 Å². The molecule has 0 aliphatic heterocycles. The third kappa shape index (κ3) is 57.5. The lowest BCUT2D eigenvalue weighted by Gasteiger charge is -1.32. The Hall–Kier alpha value is -2.40. The molecule has 0 aromatic carbocycles. The van der Waals surface area contributed by atoms with E-state index in [2.05, 4.69) is 0 Å². The van der Waals surface area contributed by atoms with Crippen LogP contribution in [0.25, 0.3) is 0 Å². The van der Waals surface area contributed by atoms with E-state index in [9.17, 15) is 0 Å². The molecule has 0 aliphatic rings. The van der Waals surface area contributed by atoms with Crippen LogP contribution in [0.15, 0.2) is 21.4 Å². The summed E-state index contributed by atoms with van der Waals surface area (Å²) in [6, 6.07) is 0. The second kappa shape index (κ2) is 194. The lowest BCUT2D eigenvalue weighted by Crippen LogP contribution is -1.25. The number of hydrogen-bond donors (Lipinski definition) is 4. The summed E-state index contributed by atoms with van der Waals surface area (Å²) in [7, 11) is 0. The fraction of sp³-hybridized carbons (Fsp3) is 0. The minimum atomic E-state index is 1.25. The first-order valence-electron chi connectivity index (χ1n) is 1.53. The van der Waals surface area contributed by atoms with Gasteiger partial charge in [-0.2, -0.15) is 0 Å². The molecule has 72 valence electrons. The smallest absolute Gasteiger partial charge is 0.152 e. The molecule has 12 heavy (non-hydrogen) atoms. The van der Waals surface area contributed by atoms with Gasteiger partial charge in [-0.3, -0.25) is 0 Å². The van der Waals surface area contributed by atoms with Crippen molar-refractivity contribution in [2.75, 3.05) is 0 Å². The molecule has 4 N–H and O–H groups in total. The molecule has 0 radical (unpaired) electrons. The molecular weight excluding hydrogens is 184 g/mol. The van der Waals surface area contributed by atoms with Crippen LogP contribution in [-0.4, -0.2) is 20.8 Å². The van der Waals surface area contributed by atoms with Gasteiger partial charge >= 0.3 is 0 Å². The first-order valence-corrected chi connectivity index (χ1v) is 1.53. The number of hydrogen-bond acceptors (Lipinski definition) is 8. The summed E-state index contributed by atoms with van der Waals surface area (Å²) < 4.78 is 0. The van der Waals surface area contributed by atoms with Crippen molar-refractivity contribution in [3.63, 3.8) is 0 Å². The Morgan fingerprint density at radius 1 is 0.500 bits per heavy atom. The maximum atomic E-state index is 8.11. The van der Waals surface area contributed by atoms with Gasteiger partial charge in [0, 0.05) is 0 Å². The Kier molecular flexibility index (Phi) is 366. The third-order valence-corrected chi connectivity index (χ3v) is 0.